The molecule has 1 aliphatic carbocycles. The highest BCUT2D eigenvalue weighted by atomic mass is 32.2. The minimum absolute atomic E-state index is 0.0513. The molecule has 1 aliphatic rings. The van der Waals surface area contributed by atoms with Gasteiger partial charge in [-0.3, -0.25) is 9.52 Å². The molecule has 6 heteroatoms. The summed E-state index contributed by atoms with van der Waals surface area (Å²) in [6.07, 6.45) is 3.24. The average molecular weight is 421 g/mol. The molecule has 0 spiro atoms. The predicted octanol–water partition coefficient (Wildman–Crippen LogP) is 4.85. The van der Waals surface area contributed by atoms with E-state index >= 15 is 0 Å². The molecule has 0 aromatic heterocycles. The Morgan fingerprint density at radius 2 is 1.63 bits per heavy atom. The maximum atomic E-state index is 12.9. The number of sulfonamides is 1. The number of aryl methyl sites for hydroxylation is 4. The van der Waals surface area contributed by atoms with Gasteiger partial charge >= 0.3 is 0 Å². The third-order valence-electron chi connectivity index (χ3n) is 5.51. The fraction of sp³-hybridized carbons (Fsp3) is 0.208. The van der Waals surface area contributed by atoms with Gasteiger partial charge in [0.1, 0.15) is 0 Å². The van der Waals surface area contributed by atoms with Crippen LogP contribution >= 0.6 is 0 Å². The van der Waals surface area contributed by atoms with Crippen molar-refractivity contribution in [1.82, 2.24) is 0 Å². The Hall–Kier alpha value is -3.12. The van der Waals surface area contributed by atoms with Crippen LogP contribution in [0.2, 0.25) is 0 Å². The molecule has 2 N–H and O–H groups in total. The first-order valence-corrected chi connectivity index (χ1v) is 11.4. The topological polar surface area (TPSA) is 75.3 Å². The zero-order valence-corrected chi connectivity index (χ0v) is 17.8. The van der Waals surface area contributed by atoms with E-state index in [2.05, 4.69) is 16.1 Å². The van der Waals surface area contributed by atoms with Crippen LogP contribution in [0.15, 0.2) is 65.6 Å². The normalized spacial score (nSPS) is 13.0. The summed E-state index contributed by atoms with van der Waals surface area (Å²) in [5.74, 6) is -0.321. The van der Waals surface area contributed by atoms with E-state index in [0.717, 1.165) is 30.5 Å². The van der Waals surface area contributed by atoms with Crippen molar-refractivity contribution in [2.75, 3.05) is 10.0 Å². The first-order chi connectivity index (χ1) is 14.3. The van der Waals surface area contributed by atoms with E-state index in [0.29, 0.717) is 16.8 Å². The van der Waals surface area contributed by atoms with Gasteiger partial charge < -0.3 is 5.32 Å². The lowest BCUT2D eigenvalue weighted by Crippen LogP contribution is -2.17. The molecule has 4 rings (SSSR count). The van der Waals surface area contributed by atoms with Gasteiger partial charge in [-0.05, 0) is 85.7 Å². The highest BCUT2D eigenvalue weighted by Gasteiger charge is 2.19. The van der Waals surface area contributed by atoms with Gasteiger partial charge in [0.2, 0.25) is 0 Å². The first kappa shape index (κ1) is 20.2. The Kier molecular flexibility index (Phi) is 5.35. The van der Waals surface area contributed by atoms with Crippen molar-refractivity contribution < 1.29 is 13.2 Å². The summed E-state index contributed by atoms with van der Waals surface area (Å²) in [6, 6.07) is 17.7. The monoisotopic (exact) mass is 420 g/mol. The van der Waals surface area contributed by atoms with Crippen LogP contribution in [-0.2, 0) is 22.9 Å². The van der Waals surface area contributed by atoms with E-state index in [9.17, 15) is 13.2 Å². The number of carbonyl (C=O) groups is 1. The third-order valence-corrected chi connectivity index (χ3v) is 6.87. The van der Waals surface area contributed by atoms with Crippen LogP contribution < -0.4 is 10.0 Å². The van der Waals surface area contributed by atoms with Crippen molar-refractivity contribution >= 4 is 27.3 Å². The van der Waals surface area contributed by atoms with E-state index < -0.39 is 10.0 Å². The minimum atomic E-state index is -3.82. The molecule has 0 unspecified atom stereocenters. The fourth-order valence-electron chi connectivity index (χ4n) is 3.75. The first-order valence-electron chi connectivity index (χ1n) is 9.96. The third kappa shape index (κ3) is 4.09. The van der Waals surface area contributed by atoms with Crippen molar-refractivity contribution in [2.45, 2.75) is 38.0 Å². The Labute approximate surface area is 177 Å². The van der Waals surface area contributed by atoms with Crippen molar-refractivity contribution in [1.29, 1.82) is 0 Å². The van der Waals surface area contributed by atoms with E-state index in [1.54, 1.807) is 25.1 Å². The number of fused-ring (bicyclic) bond motifs is 1. The van der Waals surface area contributed by atoms with E-state index in [4.69, 9.17) is 0 Å². The zero-order valence-electron chi connectivity index (χ0n) is 17.0. The molecule has 0 atom stereocenters. The van der Waals surface area contributed by atoms with E-state index in [-0.39, 0.29) is 10.8 Å². The van der Waals surface area contributed by atoms with Crippen LogP contribution in [0.1, 0.15) is 39.0 Å². The van der Waals surface area contributed by atoms with Crippen molar-refractivity contribution in [3.8, 4) is 0 Å². The SMILES string of the molecule is Cc1ccccc1NS(=O)(=O)c1ccc(C)c(C(=O)Nc2ccc3c(c2)CCC3)c1. The predicted molar refractivity (Wildman–Crippen MR) is 120 cm³/mol. The number of hydrogen-bond donors (Lipinski definition) is 2. The quantitative estimate of drug-likeness (QED) is 0.620. The number of anilines is 2. The van der Waals surface area contributed by atoms with E-state index in [1.807, 2.05) is 31.2 Å². The highest BCUT2D eigenvalue weighted by Crippen LogP contribution is 2.26. The Bertz CT molecular complexity index is 1230. The molecule has 0 aliphatic heterocycles. The maximum Gasteiger partial charge on any atom is 0.261 e. The van der Waals surface area contributed by atoms with Gasteiger partial charge in [-0.15, -0.1) is 0 Å². The maximum absolute atomic E-state index is 12.9. The number of amides is 1. The smallest absolute Gasteiger partial charge is 0.261 e. The molecule has 1 amide bonds. The van der Waals surface area contributed by atoms with Gasteiger partial charge in [0.25, 0.3) is 15.9 Å². The van der Waals surface area contributed by atoms with Gasteiger partial charge in [-0.25, -0.2) is 8.42 Å². The summed E-state index contributed by atoms with van der Waals surface area (Å²) in [5, 5.41) is 2.91. The second-order valence-corrected chi connectivity index (χ2v) is 9.37. The highest BCUT2D eigenvalue weighted by molar-refractivity contribution is 7.92. The van der Waals surface area contributed by atoms with Crippen LogP contribution in [0.3, 0.4) is 0 Å². The standard InChI is InChI=1S/C24H24N2O3S/c1-16-10-13-21(30(28,29)26-23-9-4-3-6-17(23)2)15-22(16)24(27)25-20-12-11-18-7-5-8-19(18)14-20/h3-4,6,9-15,26H,5,7-8H2,1-2H3,(H,25,27). The summed E-state index contributed by atoms with van der Waals surface area (Å²) in [7, 11) is -3.82. The van der Waals surface area contributed by atoms with E-state index in [1.165, 1.54) is 23.3 Å². The van der Waals surface area contributed by atoms with Crippen LogP contribution in [0.4, 0.5) is 11.4 Å². The molecular formula is C24H24N2O3S. The molecule has 0 bridgehead atoms. The second-order valence-electron chi connectivity index (χ2n) is 7.69. The molecule has 3 aromatic rings. The van der Waals surface area contributed by atoms with Gasteiger partial charge in [-0.1, -0.05) is 30.3 Å². The van der Waals surface area contributed by atoms with Gasteiger partial charge in [0, 0.05) is 11.3 Å². The lowest BCUT2D eigenvalue weighted by Gasteiger charge is -2.13. The van der Waals surface area contributed by atoms with Crippen molar-refractivity contribution in [2.24, 2.45) is 0 Å². The zero-order chi connectivity index (χ0) is 21.3. The molecule has 0 saturated heterocycles. The van der Waals surface area contributed by atoms with Gasteiger partial charge in [0.15, 0.2) is 0 Å². The number of carbonyl (C=O) groups excluding carboxylic acids is 1. The largest absolute Gasteiger partial charge is 0.322 e. The minimum Gasteiger partial charge on any atom is -0.322 e. The Balaban J connectivity index is 1.59. The second kappa shape index (κ2) is 7.95. The lowest BCUT2D eigenvalue weighted by atomic mass is 10.1. The van der Waals surface area contributed by atoms with Crippen molar-refractivity contribution in [3.63, 3.8) is 0 Å². The number of nitrogens with one attached hydrogen (secondary N) is 2. The molecule has 154 valence electrons. The molecule has 0 heterocycles. The van der Waals surface area contributed by atoms with Gasteiger partial charge in [-0.2, -0.15) is 0 Å². The van der Waals surface area contributed by atoms with Crippen LogP contribution in [0.5, 0.6) is 0 Å². The van der Waals surface area contributed by atoms with Crippen LogP contribution in [0.25, 0.3) is 0 Å². The van der Waals surface area contributed by atoms with Crippen LogP contribution in [0, 0.1) is 13.8 Å². The number of rotatable bonds is 5. The number of para-hydroxylation sites is 1. The lowest BCUT2D eigenvalue weighted by molar-refractivity contribution is 0.102. The molecule has 5 nitrogen and oxygen atoms in total. The molecule has 0 fully saturated rings. The Morgan fingerprint density at radius 1 is 0.867 bits per heavy atom. The van der Waals surface area contributed by atoms with Crippen LogP contribution in [-0.4, -0.2) is 14.3 Å². The molecule has 30 heavy (non-hydrogen) atoms. The summed E-state index contributed by atoms with van der Waals surface area (Å²) >= 11 is 0. The molecule has 3 aromatic carbocycles. The summed E-state index contributed by atoms with van der Waals surface area (Å²) in [5.41, 5.74) is 5.71. The molecule has 0 saturated carbocycles. The van der Waals surface area contributed by atoms with Gasteiger partial charge in [0.05, 0.1) is 10.6 Å². The average Bonchev–Trinajstić information content (AvgIpc) is 3.17. The summed E-state index contributed by atoms with van der Waals surface area (Å²) in [6.45, 7) is 3.63. The summed E-state index contributed by atoms with van der Waals surface area (Å²) in [4.78, 5) is 13.0. The van der Waals surface area contributed by atoms with Crippen molar-refractivity contribution in [3.05, 3.63) is 88.5 Å². The molecule has 0 radical (unpaired) electrons. The molecular weight excluding hydrogens is 396 g/mol. The summed E-state index contributed by atoms with van der Waals surface area (Å²) < 4.78 is 28.4. The fourth-order valence-corrected chi connectivity index (χ4v) is 4.91. The number of benzene rings is 3. The Morgan fingerprint density at radius 3 is 2.43 bits per heavy atom. The number of hydrogen-bond acceptors (Lipinski definition) is 3.